The quantitative estimate of drug-likeness (QED) is 0.580. The minimum absolute atomic E-state index is 0.115. The number of sulfonamides is 1. The van der Waals surface area contributed by atoms with Crippen LogP contribution in [0.4, 0.5) is 5.69 Å². The third-order valence-corrected chi connectivity index (χ3v) is 7.31. The van der Waals surface area contributed by atoms with E-state index in [0.29, 0.717) is 0 Å². The van der Waals surface area contributed by atoms with Crippen LogP contribution in [-0.2, 0) is 26.2 Å². The molecule has 3 rings (SSSR count). The molecule has 1 fully saturated rings. The van der Waals surface area contributed by atoms with Gasteiger partial charge in [0.2, 0.25) is 21.8 Å². The summed E-state index contributed by atoms with van der Waals surface area (Å²) in [6.07, 6.45) is 5.04. The van der Waals surface area contributed by atoms with Crippen molar-refractivity contribution in [1.29, 1.82) is 0 Å². The van der Waals surface area contributed by atoms with Gasteiger partial charge in [0.15, 0.2) is 0 Å². The second-order valence-corrected chi connectivity index (χ2v) is 10.7. The van der Waals surface area contributed by atoms with Gasteiger partial charge >= 0.3 is 0 Å². The van der Waals surface area contributed by atoms with Gasteiger partial charge in [-0.2, -0.15) is 0 Å². The zero-order valence-electron chi connectivity index (χ0n) is 18.9. The van der Waals surface area contributed by atoms with Gasteiger partial charge in [-0.3, -0.25) is 13.9 Å². The van der Waals surface area contributed by atoms with Gasteiger partial charge in [-0.25, -0.2) is 8.42 Å². The van der Waals surface area contributed by atoms with E-state index in [9.17, 15) is 18.0 Å². The largest absolute Gasteiger partial charge is 0.352 e. The molecule has 2 aromatic rings. The van der Waals surface area contributed by atoms with E-state index in [0.717, 1.165) is 41.8 Å². The second kappa shape index (κ2) is 11.0. The summed E-state index contributed by atoms with van der Waals surface area (Å²) in [4.78, 5) is 27.9. The van der Waals surface area contributed by atoms with Crippen LogP contribution in [0.2, 0.25) is 5.02 Å². The Labute approximate surface area is 200 Å². The number of para-hydroxylation sites is 1. The number of carbonyl (C=O) groups excluding carboxylic acids is 2. The highest BCUT2D eigenvalue weighted by Crippen LogP contribution is 2.27. The van der Waals surface area contributed by atoms with Crippen molar-refractivity contribution in [2.24, 2.45) is 0 Å². The maximum Gasteiger partial charge on any atom is 0.244 e. The summed E-state index contributed by atoms with van der Waals surface area (Å²) in [6.45, 7) is 1.39. The van der Waals surface area contributed by atoms with E-state index in [4.69, 9.17) is 11.6 Å². The fourth-order valence-corrected chi connectivity index (χ4v) is 5.15. The van der Waals surface area contributed by atoms with E-state index >= 15 is 0 Å². The maximum absolute atomic E-state index is 13.5. The number of hydrogen-bond acceptors (Lipinski definition) is 4. The van der Waals surface area contributed by atoms with Crippen molar-refractivity contribution in [2.45, 2.75) is 51.2 Å². The summed E-state index contributed by atoms with van der Waals surface area (Å²) in [7, 11) is -3.81. The molecule has 1 unspecified atom stereocenters. The molecule has 0 saturated heterocycles. The Balaban J connectivity index is 1.86. The maximum atomic E-state index is 13.5. The first-order valence-corrected chi connectivity index (χ1v) is 13.3. The Hall–Kier alpha value is -2.58. The first-order chi connectivity index (χ1) is 15.7. The van der Waals surface area contributed by atoms with Crippen molar-refractivity contribution in [1.82, 2.24) is 10.2 Å². The van der Waals surface area contributed by atoms with E-state index < -0.39 is 28.5 Å². The van der Waals surface area contributed by atoms with Crippen molar-refractivity contribution >= 4 is 39.1 Å². The molecule has 0 radical (unpaired) electrons. The van der Waals surface area contributed by atoms with Crippen molar-refractivity contribution in [3.8, 4) is 0 Å². The Morgan fingerprint density at radius 1 is 1.06 bits per heavy atom. The number of hydrogen-bond donors (Lipinski definition) is 1. The number of amides is 2. The smallest absolute Gasteiger partial charge is 0.244 e. The molecule has 0 heterocycles. The molecular weight excluding hydrogens is 462 g/mol. The van der Waals surface area contributed by atoms with Gasteiger partial charge in [-0.1, -0.05) is 66.9 Å². The van der Waals surface area contributed by atoms with E-state index in [1.807, 2.05) is 30.3 Å². The van der Waals surface area contributed by atoms with Crippen molar-refractivity contribution in [3.05, 3.63) is 65.2 Å². The van der Waals surface area contributed by atoms with E-state index in [1.54, 1.807) is 31.2 Å². The monoisotopic (exact) mass is 491 g/mol. The molecule has 1 atom stereocenters. The van der Waals surface area contributed by atoms with Gasteiger partial charge in [-0.05, 0) is 37.5 Å². The molecule has 0 bridgehead atoms. The summed E-state index contributed by atoms with van der Waals surface area (Å²) in [6, 6.07) is 15.1. The standard InChI is InChI=1S/C24H30ClN3O4S/c1-18(24(30)26-20-12-6-7-13-20)27(16-19-10-4-3-5-11-19)23(29)17-28(33(2,31)32)22-15-9-8-14-21(22)25/h3-5,8-11,14-15,18,20H,6-7,12-13,16-17H2,1-2H3,(H,26,30). The number of anilines is 1. The molecule has 9 heteroatoms. The Kier molecular flexibility index (Phi) is 8.37. The van der Waals surface area contributed by atoms with E-state index in [1.165, 1.54) is 4.90 Å². The van der Waals surface area contributed by atoms with Crippen LogP contribution in [0.15, 0.2) is 54.6 Å². The van der Waals surface area contributed by atoms with Crippen LogP contribution >= 0.6 is 11.6 Å². The van der Waals surface area contributed by atoms with E-state index in [2.05, 4.69) is 5.32 Å². The molecule has 1 saturated carbocycles. The SMILES string of the molecule is CC(C(=O)NC1CCCC1)N(Cc1ccccc1)C(=O)CN(c1ccccc1Cl)S(C)(=O)=O. The van der Waals surface area contributed by atoms with Crippen molar-refractivity contribution < 1.29 is 18.0 Å². The molecule has 1 aliphatic carbocycles. The fraction of sp³-hybridized carbons (Fsp3) is 0.417. The first-order valence-electron chi connectivity index (χ1n) is 11.0. The van der Waals surface area contributed by atoms with Crippen LogP contribution in [0.25, 0.3) is 0 Å². The molecule has 0 aromatic heterocycles. The Bertz CT molecular complexity index is 1070. The average Bonchev–Trinajstić information content (AvgIpc) is 3.29. The second-order valence-electron chi connectivity index (χ2n) is 8.39. The molecule has 178 valence electrons. The van der Waals surface area contributed by atoms with Crippen LogP contribution in [0.5, 0.6) is 0 Å². The Morgan fingerprint density at radius 3 is 2.27 bits per heavy atom. The highest BCUT2D eigenvalue weighted by atomic mass is 35.5. The number of nitrogens with one attached hydrogen (secondary N) is 1. The predicted octanol–water partition coefficient (Wildman–Crippen LogP) is 3.58. The topological polar surface area (TPSA) is 86.8 Å². The number of rotatable bonds is 9. The molecular formula is C24H30ClN3O4S. The molecule has 33 heavy (non-hydrogen) atoms. The summed E-state index contributed by atoms with van der Waals surface area (Å²) in [5.74, 6) is -0.729. The highest BCUT2D eigenvalue weighted by molar-refractivity contribution is 7.92. The van der Waals surface area contributed by atoms with Crippen LogP contribution < -0.4 is 9.62 Å². The Morgan fingerprint density at radius 2 is 1.67 bits per heavy atom. The van der Waals surface area contributed by atoms with Gasteiger partial charge < -0.3 is 10.2 Å². The summed E-state index contributed by atoms with van der Waals surface area (Å²) in [5.41, 5.74) is 1.06. The summed E-state index contributed by atoms with van der Waals surface area (Å²) in [5, 5.41) is 3.26. The van der Waals surface area contributed by atoms with Crippen LogP contribution in [-0.4, -0.2) is 50.0 Å². The van der Waals surface area contributed by atoms with Gasteiger partial charge in [0, 0.05) is 12.6 Å². The fourth-order valence-electron chi connectivity index (χ4n) is 4.00. The summed E-state index contributed by atoms with van der Waals surface area (Å²) >= 11 is 6.23. The minimum Gasteiger partial charge on any atom is -0.352 e. The van der Waals surface area contributed by atoms with Crippen LogP contribution in [0.3, 0.4) is 0 Å². The lowest BCUT2D eigenvalue weighted by molar-refractivity contribution is -0.139. The average molecular weight is 492 g/mol. The van der Waals surface area contributed by atoms with Gasteiger partial charge in [0.1, 0.15) is 12.6 Å². The van der Waals surface area contributed by atoms with Crippen LogP contribution in [0.1, 0.15) is 38.2 Å². The number of benzene rings is 2. The molecule has 1 aliphatic rings. The molecule has 2 aromatic carbocycles. The van der Waals surface area contributed by atoms with Gasteiger partial charge in [0.25, 0.3) is 0 Å². The van der Waals surface area contributed by atoms with Crippen LogP contribution in [0, 0.1) is 0 Å². The molecule has 2 amide bonds. The molecule has 0 spiro atoms. The third kappa shape index (κ3) is 6.71. The minimum atomic E-state index is -3.81. The molecule has 1 N–H and O–H groups in total. The first kappa shape index (κ1) is 25.1. The number of halogens is 1. The lowest BCUT2D eigenvalue weighted by Crippen LogP contribution is -2.52. The lowest BCUT2D eigenvalue weighted by Gasteiger charge is -2.32. The van der Waals surface area contributed by atoms with Crippen molar-refractivity contribution in [2.75, 3.05) is 17.1 Å². The zero-order valence-corrected chi connectivity index (χ0v) is 20.5. The third-order valence-electron chi connectivity index (χ3n) is 5.86. The van der Waals surface area contributed by atoms with Crippen molar-refractivity contribution in [3.63, 3.8) is 0 Å². The molecule has 7 nitrogen and oxygen atoms in total. The van der Waals surface area contributed by atoms with Gasteiger partial charge in [-0.15, -0.1) is 0 Å². The van der Waals surface area contributed by atoms with Gasteiger partial charge in [0.05, 0.1) is 17.0 Å². The zero-order chi connectivity index (χ0) is 24.0. The summed E-state index contributed by atoms with van der Waals surface area (Å²) < 4.78 is 26.1. The normalized spacial score (nSPS) is 15.1. The van der Waals surface area contributed by atoms with E-state index in [-0.39, 0.29) is 29.2 Å². The molecule has 0 aliphatic heterocycles. The number of nitrogens with zero attached hydrogens (tertiary/aromatic N) is 2. The number of carbonyl (C=O) groups is 2. The predicted molar refractivity (Wildman–Crippen MR) is 130 cm³/mol. The highest BCUT2D eigenvalue weighted by Gasteiger charge is 2.31. The lowest BCUT2D eigenvalue weighted by atomic mass is 10.1.